The molecule has 1 fully saturated rings. The summed E-state index contributed by atoms with van der Waals surface area (Å²) in [5.74, 6) is 0.0656. The number of benzene rings is 2. The molecule has 0 unspecified atom stereocenters. The van der Waals surface area contributed by atoms with Crippen LogP contribution in [0.1, 0.15) is 21.0 Å². The maximum absolute atomic E-state index is 13.5. The Kier molecular flexibility index (Phi) is 5.29. The van der Waals surface area contributed by atoms with Crippen LogP contribution in [0.25, 0.3) is 16.9 Å². The highest BCUT2D eigenvalue weighted by molar-refractivity contribution is 5.95. The second-order valence-electron chi connectivity index (χ2n) is 7.59. The lowest BCUT2D eigenvalue weighted by Gasteiger charge is -2.34. The summed E-state index contributed by atoms with van der Waals surface area (Å²) in [6.45, 7) is 1.81. The minimum absolute atomic E-state index is 0.103. The van der Waals surface area contributed by atoms with Gasteiger partial charge in [-0.25, -0.2) is 4.68 Å². The Morgan fingerprint density at radius 3 is 2.00 bits per heavy atom. The summed E-state index contributed by atoms with van der Waals surface area (Å²) in [6.07, 6.45) is 1.49. The fraction of sp³-hybridized carbons (Fsp3) is 0.160. The topological polar surface area (TPSA) is 71.6 Å². The molecule has 0 saturated carbocycles. The maximum Gasteiger partial charge on any atom is 0.289 e. The summed E-state index contributed by atoms with van der Waals surface area (Å²) in [5.41, 5.74) is 3.01. The fourth-order valence-corrected chi connectivity index (χ4v) is 3.88. The van der Waals surface area contributed by atoms with Crippen LogP contribution in [0.5, 0.6) is 0 Å². The largest absolute Gasteiger partial charge is 0.459 e. The number of aromatic nitrogens is 2. The number of amides is 2. The lowest BCUT2D eigenvalue weighted by atomic mass is 10.1. The number of furan rings is 1. The molecule has 0 spiro atoms. The van der Waals surface area contributed by atoms with Crippen LogP contribution >= 0.6 is 0 Å². The molecule has 2 amide bonds. The molecule has 0 N–H and O–H groups in total. The molecule has 7 nitrogen and oxygen atoms in total. The minimum atomic E-state index is -0.150. The van der Waals surface area contributed by atoms with Gasteiger partial charge in [0.05, 0.1) is 17.6 Å². The lowest BCUT2D eigenvalue weighted by molar-refractivity contribution is 0.0513. The molecule has 2 aromatic heterocycles. The smallest absolute Gasteiger partial charge is 0.289 e. The first-order valence-electron chi connectivity index (χ1n) is 10.5. The van der Waals surface area contributed by atoms with E-state index in [4.69, 9.17) is 9.52 Å². The van der Waals surface area contributed by atoms with Gasteiger partial charge in [-0.3, -0.25) is 9.59 Å². The van der Waals surface area contributed by atoms with Gasteiger partial charge in [-0.05, 0) is 30.3 Å². The van der Waals surface area contributed by atoms with Gasteiger partial charge in [0.2, 0.25) is 0 Å². The Hall–Kier alpha value is -4.13. The normalized spacial score (nSPS) is 13.9. The Bertz CT molecular complexity index is 1210. The number of carbonyl (C=O) groups is 2. The molecular formula is C25H22N4O3. The van der Waals surface area contributed by atoms with Gasteiger partial charge in [0.15, 0.2) is 5.76 Å². The molecule has 0 atom stereocenters. The van der Waals surface area contributed by atoms with E-state index in [2.05, 4.69) is 0 Å². The number of para-hydroxylation sites is 1. The van der Waals surface area contributed by atoms with E-state index in [-0.39, 0.29) is 11.8 Å². The van der Waals surface area contributed by atoms with Crippen molar-refractivity contribution in [2.75, 3.05) is 26.2 Å². The molecule has 1 saturated heterocycles. The predicted molar refractivity (Wildman–Crippen MR) is 120 cm³/mol. The molecule has 0 radical (unpaired) electrons. The third kappa shape index (κ3) is 3.80. The quantitative estimate of drug-likeness (QED) is 0.499. The highest BCUT2D eigenvalue weighted by Crippen LogP contribution is 2.23. The summed E-state index contributed by atoms with van der Waals surface area (Å²) in [5, 5.41) is 4.74. The third-order valence-electron chi connectivity index (χ3n) is 5.58. The average molecular weight is 426 g/mol. The molecule has 4 aromatic rings. The first-order chi connectivity index (χ1) is 15.7. The predicted octanol–water partition coefficient (Wildman–Crippen LogP) is 3.73. The van der Waals surface area contributed by atoms with Gasteiger partial charge in [-0.15, -0.1) is 0 Å². The van der Waals surface area contributed by atoms with Crippen molar-refractivity contribution in [2.45, 2.75) is 0 Å². The summed E-state index contributed by atoms with van der Waals surface area (Å²) >= 11 is 0. The van der Waals surface area contributed by atoms with Gasteiger partial charge in [-0.1, -0.05) is 48.5 Å². The zero-order valence-corrected chi connectivity index (χ0v) is 17.4. The Morgan fingerprint density at radius 1 is 0.750 bits per heavy atom. The van der Waals surface area contributed by atoms with E-state index >= 15 is 0 Å². The van der Waals surface area contributed by atoms with E-state index < -0.39 is 0 Å². The van der Waals surface area contributed by atoms with Crippen molar-refractivity contribution >= 4 is 11.8 Å². The number of hydrogen-bond donors (Lipinski definition) is 0. The van der Waals surface area contributed by atoms with Crippen LogP contribution in [0, 0.1) is 0 Å². The van der Waals surface area contributed by atoms with Gasteiger partial charge in [0, 0.05) is 31.7 Å². The van der Waals surface area contributed by atoms with Gasteiger partial charge in [0.25, 0.3) is 11.8 Å². The fourth-order valence-electron chi connectivity index (χ4n) is 3.88. The second kappa shape index (κ2) is 8.55. The van der Waals surface area contributed by atoms with E-state index in [0.717, 1.165) is 16.9 Å². The van der Waals surface area contributed by atoms with Crippen molar-refractivity contribution in [1.82, 2.24) is 19.6 Å². The second-order valence-corrected chi connectivity index (χ2v) is 7.59. The third-order valence-corrected chi connectivity index (χ3v) is 5.58. The number of nitrogens with zero attached hydrogens (tertiary/aromatic N) is 4. The van der Waals surface area contributed by atoms with Crippen molar-refractivity contribution in [3.63, 3.8) is 0 Å². The standard InChI is InChI=1S/C25H22N4O3/c30-24(27-13-15-28(16-14-27)25(31)23-12-7-17-32-23)22-18-21(19-8-3-1-4-9-19)26-29(22)20-10-5-2-6-11-20/h1-12,17-18H,13-16H2. The highest BCUT2D eigenvalue weighted by atomic mass is 16.3. The van der Waals surface area contributed by atoms with Crippen LogP contribution in [0.2, 0.25) is 0 Å². The van der Waals surface area contributed by atoms with E-state index in [1.165, 1.54) is 6.26 Å². The average Bonchev–Trinajstić information content (AvgIpc) is 3.55. The molecule has 2 aromatic carbocycles. The molecule has 3 heterocycles. The maximum atomic E-state index is 13.5. The first-order valence-corrected chi connectivity index (χ1v) is 10.5. The van der Waals surface area contributed by atoms with Crippen LogP contribution in [-0.4, -0.2) is 57.6 Å². The molecular weight excluding hydrogens is 404 g/mol. The van der Waals surface area contributed by atoms with Crippen molar-refractivity contribution in [3.8, 4) is 16.9 Å². The van der Waals surface area contributed by atoms with Crippen LogP contribution in [0.15, 0.2) is 89.5 Å². The molecule has 0 bridgehead atoms. The summed E-state index contributed by atoms with van der Waals surface area (Å²) < 4.78 is 6.92. The Morgan fingerprint density at radius 2 is 1.38 bits per heavy atom. The number of rotatable bonds is 4. The zero-order chi connectivity index (χ0) is 21.9. The van der Waals surface area contributed by atoms with Crippen LogP contribution < -0.4 is 0 Å². The molecule has 1 aliphatic heterocycles. The van der Waals surface area contributed by atoms with Crippen LogP contribution in [0.3, 0.4) is 0 Å². The molecule has 7 heteroatoms. The van der Waals surface area contributed by atoms with Crippen LogP contribution in [0.4, 0.5) is 0 Å². The number of carbonyl (C=O) groups excluding carboxylic acids is 2. The van der Waals surface area contributed by atoms with Gasteiger partial charge in [0.1, 0.15) is 5.69 Å². The monoisotopic (exact) mass is 426 g/mol. The van der Waals surface area contributed by atoms with Crippen LogP contribution in [-0.2, 0) is 0 Å². The first kappa shape index (κ1) is 19.8. The summed E-state index contributed by atoms with van der Waals surface area (Å²) in [7, 11) is 0. The lowest BCUT2D eigenvalue weighted by Crippen LogP contribution is -2.50. The van der Waals surface area contributed by atoms with Crippen molar-refractivity contribution < 1.29 is 14.0 Å². The van der Waals surface area contributed by atoms with E-state index in [0.29, 0.717) is 37.6 Å². The zero-order valence-electron chi connectivity index (χ0n) is 17.4. The van der Waals surface area contributed by atoms with E-state index in [1.807, 2.05) is 66.7 Å². The van der Waals surface area contributed by atoms with Gasteiger partial charge < -0.3 is 14.2 Å². The number of piperazine rings is 1. The van der Waals surface area contributed by atoms with Crippen molar-refractivity contribution in [1.29, 1.82) is 0 Å². The Labute approximate surface area is 185 Å². The SMILES string of the molecule is O=C(c1ccco1)N1CCN(C(=O)c2cc(-c3ccccc3)nn2-c2ccccc2)CC1. The molecule has 32 heavy (non-hydrogen) atoms. The molecule has 5 rings (SSSR count). The van der Waals surface area contributed by atoms with Gasteiger partial charge in [-0.2, -0.15) is 5.10 Å². The van der Waals surface area contributed by atoms with E-state index in [1.54, 1.807) is 26.6 Å². The summed E-state index contributed by atoms with van der Waals surface area (Å²) in [6, 6.07) is 24.6. The number of hydrogen-bond acceptors (Lipinski definition) is 4. The van der Waals surface area contributed by atoms with E-state index in [9.17, 15) is 9.59 Å². The highest BCUT2D eigenvalue weighted by Gasteiger charge is 2.29. The van der Waals surface area contributed by atoms with Crippen molar-refractivity contribution in [3.05, 3.63) is 96.6 Å². The minimum Gasteiger partial charge on any atom is -0.459 e. The molecule has 160 valence electrons. The Balaban J connectivity index is 1.40. The summed E-state index contributed by atoms with van der Waals surface area (Å²) in [4.78, 5) is 29.5. The van der Waals surface area contributed by atoms with Gasteiger partial charge >= 0.3 is 0 Å². The molecule has 1 aliphatic rings. The van der Waals surface area contributed by atoms with Crippen molar-refractivity contribution in [2.24, 2.45) is 0 Å². The molecule has 0 aliphatic carbocycles.